The summed E-state index contributed by atoms with van der Waals surface area (Å²) in [5.41, 5.74) is 0.871. The molecular formula is C12H14BrNO2. The average Bonchev–Trinajstić information content (AvgIpc) is 2.70. The number of nitrogens with one attached hydrogen (secondary N) is 1. The lowest BCUT2D eigenvalue weighted by molar-refractivity contribution is 0.248. The summed E-state index contributed by atoms with van der Waals surface area (Å²) < 4.78 is 6.67. The van der Waals surface area contributed by atoms with Gasteiger partial charge in [0.15, 0.2) is 0 Å². The zero-order valence-electron chi connectivity index (χ0n) is 9.03. The molecule has 86 valence electrons. The number of hydrogen-bond donors (Lipinski definition) is 2. The van der Waals surface area contributed by atoms with Gasteiger partial charge >= 0.3 is 0 Å². The van der Waals surface area contributed by atoms with Gasteiger partial charge in [0.05, 0.1) is 17.6 Å². The third-order valence-electron chi connectivity index (χ3n) is 2.45. The second kappa shape index (κ2) is 4.99. The molecule has 2 aromatic rings. The van der Waals surface area contributed by atoms with Crippen LogP contribution in [0.5, 0.6) is 0 Å². The monoisotopic (exact) mass is 283 g/mol. The van der Waals surface area contributed by atoms with Crippen molar-refractivity contribution in [1.82, 2.24) is 5.32 Å². The first-order valence-corrected chi connectivity index (χ1v) is 6.01. The molecule has 1 atom stereocenters. The van der Waals surface area contributed by atoms with Crippen LogP contribution in [0.2, 0.25) is 0 Å². The molecule has 0 radical (unpaired) electrons. The number of rotatable bonds is 4. The van der Waals surface area contributed by atoms with Crippen molar-refractivity contribution >= 4 is 26.9 Å². The Morgan fingerprint density at radius 1 is 1.50 bits per heavy atom. The molecule has 0 aliphatic rings. The Hall–Kier alpha value is -0.840. The fourth-order valence-electron chi connectivity index (χ4n) is 1.51. The van der Waals surface area contributed by atoms with Crippen LogP contribution in [-0.2, 0) is 6.54 Å². The molecule has 2 N–H and O–H groups in total. The molecule has 2 rings (SSSR count). The standard InChI is InChI=1S/C12H14BrNO2/c1-8(7-15)14-6-10-5-9-3-2-4-11(13)12(9)16-10/h2-5,8,14-15H,6-7H2,1H3. The first kappa shape index (κ1) is 11.6. The Labute approximate surface area is 103 Å². The molecule has 1 aromatic heterocycles. The van der Waals surface area contributed by atoms with E-state index >= 15 is 0 Å². The SMILES string of the molecule is CC(CO)NCc1cc2cccc(Br)c2o1. The van der Waals surface area contributed by atoms with Crippen molar-refractivity contribution in [2.75, 3.05) is 6.61 Å². The van der Waals surface area contributed by atoms with Gasteiger partial charge in [-0.15, -0.1) is 0 Å². The minimum atomic E-state index is 0.0802. The highest BCUT2D eigenvalue weighted by Gasteiger charge is 2.07. The van der Waals surface area contributed by atoms with Gasteiger partial charge in [-0.3, -0.25) is 0 Å². The van der Waals surface area contributed by atoms with Crippen molar-refractivity contribution < 1.29 is 9.52 Å². The Morgan fingerprint density at radius 2 is 2.31 bits per heavy atom. The third kappa shape index (κ3) is 2.45. The summed E-state index contributed by atoms with van der Waals surface area (Å²) in [7, 11) is 0. The molecule has 0 aliphatic carbocycles. The van der Waals surface area contributed by atoms with E-state index in [4.69, 9.17) is 9.52 Å². The second-order valence-corrected chi connectivity index (χ2v) is 4.69. The van der Waals surface area contributed by atoms with Crippen LogP contribution in [0.4, 0.5) is 0 Å². The smallest absolute Gasteiger partial charge is 0.148 e. The number of aliphatic hydroxyl groups is 1. The minimum Gasteiger partial charge on any atom is -0.459 e. The van der Waals surface area contributed by atoms with Crippen LogP contribution in [0.3, 0.4) is 0 Å². The lowest BCUT2D eigenvalue weighted by atomic mass is 10.2. The first-order chi connectivity index (χ1) is 7.70. The van der Waals surface area contributed by atoms with Gasteiger partial charge in [0, 0.05) is 11.4 Å². The second-order valence-electron chi connectivity index (χ2n) is 3.84. The number of aliphatic hydroxyl groups excluding tert-OH is 1. The van der Waals surface area contributed by atoms with E-state index in [1.165, 1.54) is 0 Å². The summed E-state index contributed by atoms with van der Waals surface area (Å²) in [5, 5.41) is 13.2. The molecule has 0 spiro atoms. The van der Waals surface area contributed by atoms with E-state index in [1.54, 1.807) is 0 Å². The summed E-state index contributed by atoms with van der Waals surface area (Å²) in [5.74, 6) is 0.877. The van der Waals surface area contributed by atoms with Crippen LogP contribution in [0.1, 0.15) is 12.7 Å². The van der Waals surface area contributed by atoms with Gasteiger partial charge < -0.3 is 14.8 Å². The molecule has 0 aliphatic heterocycles. The highest BCUT2D eigenvalue weighted by atomic mass is 79.9. The molecule has 1 heterocycles. The van der Waals surface area contributed by atoms with Crippen molar-refractivity contribution in [2.45, 2.75) is 19.5 Å². The quantitative estimate of drug-likeness (QED) is 0.907. The van der Waals surface area contributed by atoms with E-state index in [2.05, 4.69) is 21.2 Å². The van der Waals surface area contributed by atoms with Crippen molar-refractivity contribution in [3.8, 4) is 0 Å². The molecule has 1 unspecified atom stereocenters. The summed E-state index contributed by atoms with van der Waals surface area (Å²) in [4.78, 5) is 0. The van der Waals surface area contributed by atoms with Gasteiger partial charge in [-0.05, 0) is 35.0 Å². The van der Waals surface area contributed by atoms with Gasteiger partial charge in [-0.1, -0.05) is 12.1 Å². The fraction of sp³-hybridized carbons (Fsp3) is 0.333. The average molecular weight is 284 g/mol. The van der Waals surface area contributed by atoms with Gasteiger partial charge in [0.1, 0.15) is 11.3 Å². The Morgan fingerprint density at radius 3 is 3.00 bits per heavy atom. The zero-order valence-corrected chi connectivity index (χ0v) is 10.6. The van der Waals surface area contributed by atoms with E-state index in [0.29, 0.717) is 6.54 Å². The Balaban J connectivity index is 2.17. The van der Waals surface area contributed by atoms with E-state index < -0.39 is 0 Å². The number of furan rings is 1. The van der Waals surface area contributed by atoms with Crippen LogP contribution in [0, 0.1) is 0 Å². The molecule has 4 heteroatoms. The topological polar surface area (TPSA) is 45.4 Å². The zero-order chi connectivity index (χ0) is 11.5. The predicted molar refractivity (Wildman–Crippen MR) is 67.3 cm³/mol. The molecular weight excluding hydrogens is 270 g/mol. The lowest BCUT2D eigenvalue weighted by Gasteiger charge is -2.07. The number of hydrogen-bond acceptors (Lipinski definition) is 3. The van der Waals surface area contributed by atoms with Gasteiger partial charge in [0.2, 0.25) is 0 Å². The van der Waals surface area contributed by atoms with Gasteiger partial charge in [-0.2, -0.15) is 0 Å². The van der Waals surface area contributed by atoms with Crippen LogP contribution in [0.15, 0.2) is 33.2 Å². The summed E-state index contributed by atoms with van der Waals surface area (Å²) in [6, 6.07) is 8.05. The van der Waals surface area contributed by atoms with Crippen molar-refractivity contribution in [1.29, 1.82) is 0 Å². The van der Waals surface area contributed by atoms with Crippen molar-refractivity contribution in [3.05, 3.63) is 34.5 Å². The van der Waals surface area contributed by atoms with Crippen LogP contribution in [-0.4, -0.2) is 17.8 Å². The molecule has 0 fully saturated rings. The Kier molecular flexibility index (Phi) is 3.63. The van der Waals surface area contributed by atoms with Crippen LogP contribution in [0.25, 0.3) is 11.0 Å². The number of benzene rings is 1. The highest BCUT2D eigenvalue weighted by molar-refractivity contribution is 9.10. The molecule has 0 amide bonds. The third-order valence-corrected chi connectivity index (χ3v) is 3.07. The molecule has 3 nitrogen and oxygen atoms in total. The molecule has 0 saturated carbocycles. The van der Waals surface area contributed by atoms with E-state index in [0.717, 1.165) is 21.2 Å². The molecule has 1 aromatic carbocycles. The molecule has 0 saturated heterocycles. The van der Waals surface area contributed by atoms with E-state index in [1.807, 2.05) is 31.2 Å². The molecule has 16 heavy (non-hydrogen) atoms. The summed E-state index contributed by atoms with van der Waals surface area (Å²) in [6.45, 7) is 2.69. The van der Waals surface area contributed by atoms with Crippen molar-refractivity contribution in [2.24, 2.45) is 0 Å². The van der Waals surface area contributed by atoms with Gasteiger partial charge in [0.25, 0.3) is 0 Å². The first-order valence-electron chi connectivity index (χ1n) is 5.22. The van der Waals surface area contributed by atoms with Crippen LogP contribution >= 0.6 is 15.9 Å². The van der Waals surface area contributed by atoms with E-state index in [9.17, 15) is 0 Å². The maximum Gasteiger partial charge on any atom is 0.148 e. The van der Waals surface area contributed by atoms with Gasteiger partial charge in [-0.25, -0.2) is 0 Å². The number of fused-ring (bicyclic) bond motifs is 1. The Bertz CT molecular complexity index is 481. The van der Waals surface area contributed by atoms with Crippen molar-refractivity contribution in [3.63, 3.8) is 0 Å². The summed E-state index contributed by atoms with van der Waals surface area (Å²) in [6.07, 6.45) is 0. The highest BCUT2D eigenvalue weighted by Crippen LogP contribution is 2.26. The predicted octanol–water partition coefficient (Wildman–Crippen LogP) is 2.67. The molecule has 0 bridgehead atoms. The van der Waals surface area contributed by atoms with E-state index in [-0.39, 0.29) is 12.6 Å². The fourth-order valence-corrected chi connectivity index (χ4v) is 1.97. The minimum absolute atomic E-state index is 0.0802. The maximum absolute atomic E-state index is 8.90. The lowest BCUT2D eigenvalue weighted by Crippen LogP contribution is -2.28. The number of para-hydroxylation sites is 1. The summed E-state index contributed by atoms with van der Waals surface area (Å²) >= 11 is 3.45. The largest absolute Gasteiger partial charge is 0.459 e. The van der Waals surface area contributed by atoms with Crippen LogP contribution < -0.4 is 5.32 Å². The normalized spacial score (nSPS) is 13.2. The maximum atomic E-state index is 8.90. The number of halogens is 1.